The molecule has 0 radical (unpaired) electrons. The topological polar surface area (TPSA) is 80.6 Å². The molecular weight excluding hydrogens is 304 g/mol. The second kappa shape index (κ2) is 8.14. The van der Waals surface area contributed by atoms with E-state index in [0.717, 1.165) is 10.6 Å². The molecule has 2 rings (SSSR count). The Morgan fingerprint density at radius 2 is 2.14 bits per heavy atom. The first kappa shape index (κ1) is 16.0. The zero-order chi connectivity index (χ0) is 15.8. The minimum absolute atomic E-state index is 0.140. The van der Waals surface area contributed by atoms with Gasteiger partial charge in [0, 0.05) is 4.90 Å². The summed E-state index contributed by atoms with van der Waals surface area (Å²) in [7, 11) is 1.58. The number of hydrogen-bond donors (Lipinski definition) is 2. The van der Waals surface area contributed by atoms with Gasteiger partial charge < -0.3 is 14.5 Å². The van der Waals surface area contributed by atoms with Crippen molar-refractivity contribution in [3.63, 3.8) is 0 Å². The molecular formula is C15H16N2O4S. The number of methoxy groups -OCH3 is 1. The number of carbonyl (C=O) groups is 2. The summed E-state index contributed by atoms with van der Waals surface area (Å²) in [6.45, 7) is 0.231. The number of furan rings is 1. The molecule has 2 aromatic rings. The maximum Gasteiger partial charge on any atom is 0.321 e. The van der Waals surface area contributed by atoms with Crippen LogP contribution in [-0.4, -0.2) is 24.8 Å². The lowest BCUT2D eigenvalue weighted by Crippen LogP contribution is -2.39. The number of rotatable bonds is 6. The van der Waals surface area contributed by atoms with Crippen LogP contribution in [0.25, 0.3) is 0 Å². The highest BCUT2D eigenvalue weighted by atomic mass is 32.2. The van der Waals surface area contributed by atoms with Crippen LogP contribution in [0, 0.1) is 0 Å². The second-order valence-electron chi connectivity index (χ2n) is 4.28. The van der Waals surface area contributed by atoms with E-state index < -0.39 is 6.03 Å². The first-order valence-electron chi connectivity index (χ1n) is 6.54. The number of urea groups is 1. The molecule has 0 aliphatic rings. The van der Waals surface area contributed by atoms with Crippen LogP contribution >= 0.6 is 11.8 Å². The van der Waals surface area contributed by atoms with E-state index in [-0.39, 0.29) is 18.2 Å². The van der Waals surface area contributed by atoms with Crippen LogP contribution in [0.5, 0.6) is 5.75 Å². The normalized spacial score (nSPS) is 10.0. The molecule has 2 N–H and O–H groups in total. The van der Waals surface area contributed by atoms with Gasteiger partial charge in [-0.05, 0) is 30.3 Å². The minimum atomic E-state index is -0.548. The predicted molar refractivity (Wildman–Crippen MR) is 82.8 cm³/mol. The third-order valence-corrected chi connectivity index (χ3v) is 3.66. The third-order valence-electron chi connectivity index (χ3n) is 2.67. The van der Waals surface area contributed by atoms with E-state index in [0.29, 0.717) is 5.76 Å². The number of ether oxygens (including phenoxy) is 1. The lowest BCUT2D eigenvalue weighted by Gasteiger charge is -2.06. The molecule has 0 saturated heterocycles. The Labute approximate surface area is 132 Å². The molecule has 22 heavy (non-hydrogen) atoms. The zero-order valence-electron chi connectivity index (χ0n) is 12.0. The van der Waals surface area contributed by atoms with Crippen LogP contribution in [0.4, 0.5) is 4.79 Å². The van der Waals surface area contributed by atoms with Crippen molar-refractivity contribution in [1.82, 2.24) is 10.6 Å². The smallest absolute Gasteiger partial charge is 0.321 e. The number of imide groups is 1. The number of thioether (sulfide) groups is 1. The van der Waals surface area contributed by atoms with Crippen molar-refractivity contribution in [1.29, 1.82) is 0 Å². The minimum Gasteiger partial charge on any atom is -0.497 e. The van der Waals surface area contributed by atoms with Crippen LogP contribution in [0.15, 0.2) is 52.0 Å². The molecule has 0 fully saturated rings. The molecule has 1 aromatic heterocycles. The van der Waals surface area contributed by atoms with E-state index in [1.54, 1.807) is 19.2 Å². The Bertz CT molecular complexity index is 628. The van der Waals surface area contributed by atoms with Crippen LogP contribution in [-0.2, 0) is 11.3 Å². The van der Waals surface area contributed by atoms with Gasteiger partial charge in [0.25, 0.3) is 0 Å². The van der Waals surface area contributed by atoms with Gasteiger partial charge in [0.1, 0.15) is 11.5 Å². The van der Waals surface area contributed by atoms with Gasteiger partial charge in [-0.3, -0.25) is 10.1 Å². The van der Waals surface area contributed by atoms with E-state index in [1.165, 1.54) is 18.0 Å². The summed E-state index contributed by atoms with van der Waals surface area (Å²) in [5.74, 6) is 1.11. The third kappa shape index (κ3) is 5.17. The van der Waals surface area contributed by atoms with Gasteiger partial charge in [0.05, 0.1) is 25.7 Å². The van der Waals surface area contributed by atoms with E-state index in [2.05, 4.69) is 10.6 Å². The number of benzene rings is 1. The van der Waals surface area contributed by atoms with Crippen molar-refractivity contribution in [2.24, 2.45) is 0 Å². The van der Waals surface area contributed by atoms with Crippen molar-refractivity contribution in [3.8, 4) is 5.75 Å². The lowest BCUT2D eigenvalue weighted by molar-refractivity contribution is -0.117. The number of hydrogen-bond acceptors (Lipinski definition) is 5. The molecule has 0 spiro atoms. The molecule has 0 aliphatic carbocycles. The summed E-state index contributed by atoms with van der Waals surface area (Å²) in [6, 6.07) is 10.3. The lowest BCUT2D eigenvalue weighted by atomic mass is 10.3. The highest BCUT2D eigenvalue weighted by Crippen LogP contribution is 2.22. The highest BCUT2D eigenvalue weighted by Gasteiger charge is 2.09. The Kier molecular flexibility index (Phi) is 5.91. The predicted octanol–water partition coefficient (Wildman–Crippen LogP) is 2.41. The van der Waals surface area contributed by atoms with Crippen molar-refractivity contribution < 1.29 is 18.7 Å². The molecule has 6 nitrogen and oxygen atoms in total. The van der Waals surface area contributed by atoms with Crippen LogP contribution in [0.3, 0.4) is 0 Å². The molecule has 0 aliphatic heterocycles. The first-order valence-corrected chi connectivity index (χ1v) is 7.53. The summed E-state index contributed by atoms with van der Waals surface area (Å²) >= 11 is 1.33. The first-order chi connectivity index (χ1) is 10.7. The molecule has 3 amide bonds. The van der Waals surface area contributed by atoms with E-state index in [9.17, 15) is 9.59 Å². The molecule has 0 bridgehead atoms. The maximum absolute atomic E-state index is 11.7. The quantitative estimate of drug-likeness (QED) is 0.799. The SMILES string of the molecule is COc1cccc(SCC(=O)NC(=O)NCc2ccco2)c1. The average Bonchev–Trinajstić information content (AvgIpc) is 3.04. The second-order valence-corrected chi connectivity index (χ2v) is 5.33. The summed E-state index contributed by atoms with van der Waals surface area (Å²) in [4.78, 5) is 24.1. The van der Waals surface area contributed by atoms with Gasteiger partial charge >= 0.3 is 6.03 Å². The highest BCUT2D eigenvalue weighted by molar-refractivity contribution is 8.00. The van der Waals surface area contributed by atoms with E-state index in [1.807, 2.05) is 24.3 Å². The number of carbonyl (C=O) groups excluding carboxylic acids is 2. The fourth-order valence-electron chi connectivity index (χ4n) is 1.63. The fraction of sp³-hybridized carbons (Fsp3) is 0.200. The standard InChI is InChI=1S/C15H16N2O4S/c1-20-11-4-2-6-13(8-11)22-10-14(18)17-15(19)16-9-12-5-3-7-21-12/h2-8H,9-10H2,1H3,(H2,16,17,18,19). The van der Waals surface area contributed by atoms with Crippen molar-refractivity contribution >= 4 is 23.7 Å². The Morgan fingerprint density at radius 3 is 2.86 bits per heavy atom. The van der Waals surface area contributed by atoms with Crippen LogP contribution in [0.2, 0.25) is 0 Å². The summed E-state index contributed by atoms with van der Waals surface area (Å²) in [5, 5.41) is 4.80. The Hall–Kier alpha value is -2.41. The van der Waals surface area contributed by atoms with Gasteiger partial charge in [-0.15, -0.1) is 11.8 Å². The van der Waals surface area contributed by atoms with Crippen LogP contribution in [0.1, 0.15) is 5.76 Å². The van der Waals surface area contributed by atoms with Gasteiger partial charge in [0.2, 0.25) is 5.91 Å². The van der Waals surface area contributed by atoms with Gasteiger partial charge in [0.15, 0.2) is 0 Å². The number of amides is 3. The van der Waals surface area contributed by atoms with Gasteiger partial charge in [-0.25, -0.2) is 4.79 Å². The fourth-order valence-corrected chi connectivity index (χ4v) is 2.37. The Balaban J connectivity index is 1.71. The zero-order valence-corrected chi connectivity index (χ0v) is 12.8. The summed E-state index contributed by atoms with van der Waals surface area (Å²) in [6.07, 6.45) is 1.52. The average molecular weight is 320 g/mol. The summed E-state index contributed by atoms with van der Waals surface area (Å²) in [5.41, 5.74) is 0. The molecule has 1 aromatic carbocycles. The summed E-state index contributed by atoms with van der Waals surface area (Å²) < 4.78 is 10.2. The van der Waals surface area contributed by atoms with Gasteiger partial charge in [-0.2, -0.15) is 0 Å². The van der Waals surface area contributed by atoms with E-state index >= 15 is 0 Å². The number of nitrogens with one attached hydrogen (secondary N) is 2. The van der Waals surface area contributed by atoms with Gasteiger partial charge in [-0.1, -0.05) is 6.07 Å². The molecule has 116 valence electrons. The maximum atomic E-state index is 11.7. The largest absolute Gasteiger partial charge is 0.497 e. The Morgan fingerprint density at radius 1 is 1.27 bits per heavy atom. The van der Waals surface area contributed by atoms with Crippen molar-refractivity contribution in [2.75, 3.05) is 12.9 Å². The van der Waals surface area contributed by atoms with Crippen molar-refractivity contribution in [3.05, 3.63) is 48.4 Å². The monoisotopic (exact) mass is 320 g/mol. The van der Waals surface area contributed by atoms with E-state index in [4.69, 9.17) is 9.15 Å². The van der Waals surface area contributed by atoms with Crippen molar-refractivity contribution in [2.45, 2.75) is 11.4 Å². The molecule has 0 unspecified atom stereocenters. The molecule has 1 heterocycles. The molecule has 0 saturated carbocycles. The van der Waals surface area contributed by atoms with Crippen LogP contribution < -0.4 is 15.4 Å². The molecule has 0 atom stereocenters. The molecule has 7 heteroatoms.